The monoisotopic (exact) mass is 302 g/mol. The first-order valence-electron chi connectivity index (χ1n) is 6.92. The van der Waals surface area contributed by atoms with E-state index in [0.29, 0.717) is 18.0 Å². The third-order valence-electron chi connectivity index (χ3n) is 3.69. The molecule has 108 valence electrons. The van der Waals surface area contributed by atoms with Crippen molar-refractivity contribution in [2.45, 2.75) is 20.3 Å². The average molecular weight is 303 g/mol. The van der Waals surface area contributed by atoms with Gasteiger partial charge in [0.05, 0.1) is 16.7 Å². The normalized spacial score (nSPS) is 11.2. The first-order chi connectivity index (χ1) is 10.1. The standard InChI is InChI=1S/C17H16ClFN2/c1-11-5-4-8-14-16(11)20-15(9-10-18)21(14)17-12(2)6-3-7-13(17)19/h3-8H,9-10H2,1-2H3. The molecule has 2 nitrogen and oxygen atoms in total. The third-order valence-corrected chi connectivity index (χ3v) is 3.88. The van der Waals surface area contributed by atoms with Gasteiger partial charge in [0.2, 0.25) is 0 Å². The van der Waals surface area contributed by atoms with Crippen molar-refractivity contribution in [3.05, 3.63) is 59.2 Å². The molecule has 0 radical (unpaired) electrons. The van der Waals surface area contributed by atoms with Crippen molar-refractivity contribution in [1.82, 2.24) is 9.55 Å². The van der Waals surface area contributed by atoms with Gasteiger partial charge in [-0.1, -0.05) is 24.3 Å². The summed E-state index contributed by atoms with van der Waals surface area (Å²) in [4.78, 5) is 4.67. The number of hydrogen-bond donors (Lipinski definition) is 0. The summed E-state index contributed by atoms with van der Waals surface area (Å²) in [6.07, 6.45) is 0.601. The van der Waals surface area contributed by atoms with Gasteiger partial charge in [-0.2, -0.15) is 0 Å². The number of halogens is 2. The van der Waals surface area contributed by atoms with Gasteiger partial charge in [-0.25, -0.2) is 9.37 Å². The highest BCUT2D eigenvalue weighted by atomic mass is 35.5. The largest absolute Gasteiger partial charge is 0.293 e. The maximum atomic E-state index is 14.4. The molecule has 21 heavy (non-hydrogen) atoms. The van der Waals surface area contributed by atoms with Crippen LogP contribution in [-0.2, 0) is 6.42 Å². The predicted molar refractivity (Wildman–Crippen MR) is 84.9 cm³/mol. The quantitative estimate of drug-likeness (QED) is 0.648. The number of para-hydroxylation sites is 2. The lowest BCUT2D eigenvalue weighted by Gasteiger charge is -2.12. The van der Waals surface area contributed by atoms with Crippen LogP contribution in [-0.4, -0.2) is 15.4 Å². The van der Waals surface area contributed by atoms with Crippen LogP contribution in [0.3, 0.4) is 0 Å². The number of aromatic nitrogens is 2. The molecule has 0 unspecified atom stereocenters. The van der Waals surface area contributed by atoms with E-state index in [1.165, 1.54) is 6.07 Å². The second-order valence-electron chi connectivity index (χ2n) is 5.15. The highest BCUT2D eigenvalue weighted by Crippen LogP contribution is 2.27. The summed E-state index contributed by atoms with van der Waals surface area (Å²) in [6.45, 7) is 3.92. The van der Waals surface area contributed by atoms with E-state index in [1.54, 1.807) is 6.07 Å². The zero-order valence-corrected chi connectivity index (χ0v) is 12.8. The average Bonchev–Trinajstić information content (AvgIpc) is 2.80. The van der Waals surface area contributed by atoms with Gasteiger partial charge in [0, 0.05) is 12.3 Å². The molecule has 0 aliphatic heterocycles. The second kappa shape index (κ2) is 5.49. The van der Waals surface area contributed by atoms with Crippen LogP contribution in [0.5, 0.6) is 0 Å². The van der Waals surface area contributed by atoms with Crippen LogP contribution in [0.1, 0.15) is 17.0 Å². The summed E-state index contributed by atoms with van der Waals surface area (Å²) in [5, 5.41) is 0. The summed E-state index contributed by atoms with van der Waals surface area (Å²) >= 11 is 5.90. The molecule has 0 atom stereocenters. The van der Waals surface area contributed by atoms with Crippen molar-refractivity contribution in [1.29, 1.82) is 0 Å². The molecular weight excluding hydrogens is 287 g/mol. The van der Waals surface area contributed by atoms with Crippen molar-refractivity contribution >= 4 is 22.6 Å². The molecule has 0 N–H and O–H groups in total. The minimum Gasteiger partial charge on any atom is -0.293 e. The number of nitrogens with zero attached hydrogens (tertiary/aromatic N) is 2. The van der Waals surface area contributed by atoms with E-state index in [0.717, 1.165) is 28.0 Å². The number of fused-ring (bicyclic) bond motifs is 1. The van der Waals surface area contributed by atoms with Crippen LogP contribution in [0.2, 0.25) is 0 Å². The van der Waals surface area contributed by atoms with Crippen molar-refractivity contribution in [3.63, 3.8) is 0 Å². The van der Waals surface area contributed by atoms with E-state index in [4.69, 9.17) is 11.6 Å². The van der Waals surface area contributed by atoms with Gasteiger partial charge in [0.1, 0.15) is 11.6 Å². The van der Waals surface area contributed by atoms with E-state index < -0.39 is 0 Å². The number of alkyl halides is 1. The van der Waals surface area contributed by atoms with Gasteiger partial charge in [-0.3, -0.25) is 4.57 Å². The Kier molecular flexibility index (Phi) is 3.68. The smallest absolute Gasteiger partial charge is 0.147 e. The molecule has 1 heterocycles. The zero-order chi connectivity index (χ0) is 15.0. The lowest BCUT2D eigenvalue weighted by molar-refractivity contribution is 0.615. The molecule has 2 aromatic carbocycles. The Balaban J connectivity index is 2.40. The third kappa shape index (κ3) is 2.32. The van der Waals surface area contributed by atoms with Crippen LogP contribution in [0.15, 0.2) is 36.4 Å². The predicted octanol–water partition coefficient (Wildman–Crippen LogP) is 4.56. The lowest BCUT2D eigenvalue weighted by Crippen LogP contribution is -2.06. The van der Waals surface area contributed by atoms with Gasteiger partial charge in [-0.05, 0) is 37.1 Å². The summed E-state index contributed by atoms with van der Waals surface area (Å²) in [6, 6.07) is 11.1. The van der Waals surface area contributed by atoms with Crippen molar-refractivity contribution in [3.8, 4) is 5.69 Å². The van der Waals surface area contributed by atoms with E-state index in [2.05, 4.69) is 4.98 Å². The molecule has 1 aromatic heterocycles. The van der Waals surface area contributed by atoms with Crippen LogP contribution in [0, 0.1) is 19.7 Å². The topological polar surface area (TPSA) is 17.8 Å². The summed E-state index contributed by atoms with van der Waals surface area (Å²) in [5.74, 6) is 1.00. The fourth-order valence-corrected chi connectivity index (χ4v) is 2.86. The Morgan fingerprint density at radius 2 is 1.81 bits per heavy atom. The van der Waals surface area contributed by atoms with Gasteiger partial charge in [0.15, 0.2) is 0 Å². The number of imidazole rings is 1. The van der Waals surface area contributed by atoms with Gasteiger partial charge < -0.3 is 0 Å². The summed E-state index contributed by atoms with van der Waals surface area (Å²) in [7, 11) is 0. The molecular formula is C17H16ClFN2. The van der Waals surface area contributed by atoms with Crippen LogP contribution in [0.25, 0.3) is 16.7 Å². The lowest BCUT2D eigenvalue weighted by atomic mass is 10.1. The summed E-state index contributed by atoms with van der Waals surface area (Å²) in [5.41, 5.74) is 4.34. The number of aryl methyl sites for hydroxylation is 3. The van der Waals surface area contributed by atoms with E-state index >= 15 is 0 Å². The molecule has 0 aliphatic rings. The van der Waals surface area contributed by atoms with Crippen LogP contribution in [0.4, 0.5) is 4.39 Å². The Morgan fingerprint density at radius 1 is 1.10 bits per heavy atom. The van der Waals surface area contributed by atoms with Crippen molar-refractivity contribution in [2.24, 2.45) is 0 Å². The molecule has 0 aliphatic carbocycles. The molecule has 0 bridgehead atoms. The van der Waals surface area contributed by atoms with Gasteiger partial charge in [0.25, 0.3) is 0 Å². The number of benzene rings is 2. The molecule has 3 rings (SSSR count). The highest BCUT2D eigenvalue weighted by Gasteiger charge is 2.17. The number of rotatable bonds is 3. The van der Waals surface area contributed by atoms with E-state index in [9.17, 15) is 4.39 Å². The molecule has 0 fully saturated rings. The minimum absolute atomic E-state index is 0.244. The maximum Gasteiger partial charge on any atom is 0.147 e. The van der Waals surface area contributed by atoms with Crippen molar-refractivity contribution in [2.75, 3.05) is 5.88 Å². The fourth-order valence-electron chi connectivity index (χ4n) is 2.70. The Hall–Kier alpha value is -1.87. The molecule has 0 amide bonds. The molecule has 4 heteroatoms. The van der Waals surface area contributed by atoms with Crippen LogP contribution >= 0.6 is 11.6 Å². The van der Waals surface area contributed by atoms with E-state index in [1.807, 2.05) is 42.7 Å². The number of hydrogen-bond acceptors (Lipinski definition) is 1. The molecule has 0 spiro atoms. The Bertz CT molecular complexity index is 788. The Morgan fingerprint density at radius 3 is 2.52 bits per heavy atom. The van der Waals surface area contributed by atoms with E-state index in [-0.39, 0.29) is 5.82 Å². The van der Waals surface area contributed by atoms with Crippen LogP contribution < -0.4 is 0 Å². The molecule has 0 saturated carbocycles. The SMILES string of the molecule is Cc1cccc(F)c1-n1c(CCCl)nc2c(C)cccc21. The molecule has 0 saturated heterocycles. The zero-order valence-electron chi connectivity index (χ0n) is 12.0. The first kappa shape index (κ1) is 14.1. The van der Waals surface area contributed by atoms with Gasteiger partial charge >= 0.3 is 0 Å². The van der Waals surface area contributed by atoms with Gasteiger partial charge in [-0.15, -0.1) is 11.6 Å². The van der Waals surface area contributed by atoms with Crippen molar-refractivity contribution < 1.29 is 4.39 Å². The molecule has 3 aromatic rings. The second-order valence-corrected chi connectivity index (χ2v) is 5.53. The first-order valence-corrected chi connectivity index (χ1v) is 7.45. The maximum absolute atomic E-state index is 14.4. The highest BCUT2D eigenvalue weighted by molar-refractivity contribution is 6.18. The summed E-state index contributed by atoms with van der Waals surface area (Å²) < 4.78 is 16.3. The fraction of sp³-hybridized carbons (Fsp3) is 0.235. The Labute approximate surface area is 128 Å². The minimum atomic E-state index is -0.244.